The molecule has 0 bridgehead atoms. The van der Waals surface area contributed by atoms with Crippen LogP contribution in [0.2, 0.25) is 0 Å². The van der Waals surface area contributed by atoms with Crippen LogP contribution in [-0.4, -0.2) is 41.8 Å². The van der Waals surface area contributed by atoms with Gasteiger partial charge in [0.05, 0.1) is 6.10 Å². The van der Waals surface area contributed by atoms with Gasteiger partial charge in [-0.1, -0.05) is 38.1 Å². The number of aliphatic hydroxyl groups excluding tert-OH is 1. The summed E-state index contributed by atoms with van der Waals surface area (Å²) in [6, 6.07) is 9.04. The first-order valence-corrected chi connectivity index (χ1v) is 6.85. The highest BCUT2D eigenvalue weighted by Gasteiger charge is 2.18. The number of rotatable bonds is 5. The molecule has 0 aromatic heterocycles. The van der Waals surface area contributed by atoms with Crippen LogP contribution >= 0.6 is 0 Å². The summed E-state index contributed by atoms with van der Waals surface area (Å²) >= 11 is 0. The molecule has 0 saturated heterocycles. The van der Waals surface area contributed by atoms with Crippen molar-refractivity contribution in [2.45, 2.75) is 39.0 Å². The van der Waals surface area contributed by atoms with E-state index in [0.717, 1.165) is 26.1 Å². The zero-order valence-electron chi connectivity index (χ0n) is 11.4. The zero-order valence-corrected chi connectivity index (χ0v) is 11.4. The summed E-state index contributed by atoms with van der Waals surface area (Å²) in [5.74, 6) is 0. The molecule has 1 aliphatic rings. The van der Waals surface area contributed by atoms with Crippen molar-refractivity contribution in [1.82, 2.24) is 10.2 Å². The van der Waals surface area contributed by atoms with Crippen LogP contribution in [0.1, 0.15) is 25.0 Å². The van der Waals surface area contributed by atoms with Crippen molar-refractivity contribution in [1.29, 1.82) is 0 Å². The van der Waals surface area contributed by atoms with Crippen LogP contribution in [0.5, 0.6) is 0 Å². The highest BCUT2D eigenvalue weighted by Crippen LogP contribution is 2.18. The highest BCUT2D eigenvalue weighted by atomic mass is 16.3. The minimum absolute atomic E-state index is 0.280. The van der Waals surface area contributed by atoms with Gasteiger partial charge in [0.1, 0.15) is 0 Å². The maximum atomic E-state index is 9.99. The van der Waals surface area contributed by atoms with Crippen molar-refractivity contribution in [3.8, 4) is 0 Å². The minimum atomic E-state index is -0.280. The fourth-order valence-corrected chi connectivity index (χ4v) is 2.44. The van der Waals surface area contributed by atoms with E-state index in [1.807, 2.05) is 0 Å². The van der Waals surface area contributed by atoms with Gasteiger partial charge in [0.15, 0.2) is 0 Å². The van der Waals surface area contributed by atoms with Gasteiger partial charge in [-0.2, -0.15) is 0 Å². The van der Waals surface area contributed by atoms with Crippen LogP contribution in [0.4, 0.5) is 0 Å². The van der Waals surface area contributed by atoms with Gasteiger partial charge in [-0.25, -0.2) is 0 Å². The third-order valence-corrected chi connectivity index (χ3v) is 3.44. The van der Waals surface area contributed by atoms with Crippen LogP contribution < -0.4 is 5.32 Å². The number of benzene rings is 1. The van der Waals surface area contributed by atoms with E-state index in [1.165, 1.54) is 11.1 Å². The molecular weight excluding hydrogens is 224 g/mol. The Morgan fingerprint density at radius 2 is 2.00 bits per heavy atom. The lowest BCUT2D eigenvalue weighted by atomic mass is 10.00. The van der Waals surface area contributed by atoms with Gasteiger partial charge in [-0.3, -0.25) is 4.90 Å². The van der Waals surface area contributed by atoms with E-state index >= 15 is 0 Å². The van der Waals surface area contributed by atoms with Crippen LogP contribution in [0.25, 0.3) is 0 Å². The summed E-state index contributed by atoms with van der Waals surface area (Å²) in [4.78, 5) is 2.34. The Morgan fingerprint density at radius 3 is 2.72 bits per heavy atom. The van der Waals surface area contributed by atoms with Crippen LogP contribution in [0.3, 0.4) is 0 Å². The molecule has 1 atom stereocenters. The van der Waals surface area contributed by atoms with Crippen LogP contribution in [0, 0.1) is 0 Å². The van der Waals surface area contributed by atoms with Crippen molar-refractivity contribution in [2.24, 2.45) is 0 Å². The molecule has 1 aromatic carbocycles. The Bertz CT molecular complexity index is 379. The van der Waals surface area contributed by atoms with Crippen LogP contribution in [-0.2, 0) is 13.0 Å². The molecule has 0 spiro atoms. The smallest absolute Gasteiger partial charge is 0.0791 e. The second-order valence-electron chi connectivity index (χ2n) is 5.47. The van der Waals surface area contributed by atoms with E-state index in [0.29, 0.717) is 12.6 Å². The fraction of sp³-hybridized carbons (Fsp3) is 0.600. The number of aliphatic hydroxyl groups is 1. The normalized spacial score (nSPS) is 17.8. The fourth-order valence-electron chi connectivity index (χ4n) is 2.44. The van der Waals surface area contributed by atoms with Gasteiger partial charge in [-0.15, -0.1) is 0 Å². The van der Waals surface area contributed by atoms with Gasteiger partial charge in [0, 0.05) is 32.2 Å². The van der Waals surface area contributed by atoms with Crippen molar-refractivity contribution in [3.05, 3.63) is 35.4 Å². The molecule has 0 saturated carbocycles. The molecule has 1 aromatic rings. The van der Waals surface area contributed by atoms with E-state index in [9.17, 15) is 5.11 Å². The molecule has 0 fully saturated rings. The average Bonchev–Trinajstić information content (AvgIpc) is 2.36. The van der Waals surface area contributed by atoms with E-state index in [1.54, 1.807) is 0 Å². The second kappa shape index (κ2) is 6.32. The van der Waals surface area contributed by atoms with Gasteiger partial charge in [0.2, 0.25) is 0 Å². The Labute approximate surface area is 110 Å². The van der Waals surface area contributed by atoms with Gasteiger partial charge in [0.25, 0.3) is 0 Å². The lowest BCUT2D eigenvalue weighted by molar-refractivity contribution is 0.103. The lowest BCUT2D eigenvalue weighted by Gasteiger charge is -2.30. The summed E-state index contributed by atoms with van der Waals surface area (Å²) in [6.07, 6.45) is 0.818. The summed E-state index contributed by atoms with van der Waals surface area (Å²) in [6.45, 7) is 7.66. The van der Waals surface area contributed by atoms with E-state index in [-0.39, 0.29) is 6.10 Å². The predicted molar refractivity (Wildman–Crippen MR) is 74.6 cm³/mol. The molecule has 1 heterocycles. The Morgan fingerprint density at radius 1 is 1.28 bits per heavy atom. The topological polar surface area (TPSA) is 35.5 Å². The van der Waals surface area contributed by atoms with Crippen LogP contribution in [0.15, 0.2) is 24.3 Å². The third-order valence-electron chi connectivity index (χ3n) is 3.44. The average molecular weight is 248 g/mol. The molecule has 1 aliphatic heterocycles. The number of β-amino-alcohol motifs (C(OH)–C–C–N with tert-alkyl or cyclic N) is 1. The number of hydrogen-bond acceptors (Lipinski definition) is 3. The highest BCUT2D eigenvalue weighted by molar-refractivity contribution is 5.29. The molecule has 0 radical (unpaired) electrons. The minimum Gasteiger partial charge on any atom is -0.390 e. The molecule has 18 heavy (non-hydrogen) atoms. The summed E-state index contributed by atoms with van der Waals surface area (Å²) < 4.78 is 0. The first kappa shape index (κ1) is 13.5. The molecule has 3 heteroatoms. The molecule has 100 valence electrons. The maximum Gasteiger partial charge on any atom is 0.0791 e. The first-order valence-electron chi connectivity index (χ1n) is 6.85. The number of nitrogens with one attached hydrogen (secondary N) is 1. The number of fused-ring (bicyclic) bond motifs is 1. The Kier molecular flexibility index (Phi) is 4.75. The van der Waals surface area contributed by atoms with Gasteiger partial charge >= 0.3 is 0 Å². The second-order valence-corrected chi connectivity index (χ2v) is 5.47. The standard InChI is InChI=1S/C15H24N2O/c1-12(2)16-9-15(18)11-17-8-7-13-5-3-4-6-14(13)10-17/h3-6,12,15-16,18H,7-11H2,1-2H3. The van der Waals surface area contributed by atoms with E-state index in [4.69, 9.17) is 0 Å². The molecule has 2 N–H and O–H groups in total. The third kappa shape index (κ3) is 3.80. The summed E-state index contributed by atoms with van der Waals surface area (Å²) in [5.41, 5.74) is 2.87. The Hall–Kier alpha value is -0.900. The van der Waals surface area contributed by atoms with Gasteiger partial charge in [-0.05, 0) is 17.5 Å². The molecule has 2 rings (SSSR count). The monoisotopic (exact) mass is 248 g/mol. The van der Waals surface area contributed by atoms with Gasteiger partial charge < -0.3 is 10.4 Å². The largest absolute Gasteiger partial charge is 0.390 e. The molecule has 0 aliphatic carbocycles. The number of hydrogen-bond donors (Lipinski definition) is 2. The lowest BCUT2D eigenvalue weighted by Crippen LogP contribution is -2.42. The molecule has 3 nitrogen and oxygen atoms in total. The first-order chi connectivity index (χ1) is 8.65. The van der Waals surface area contributed by atoms with Crippen molar-refractivity contribution in [2.75, 3.05) is 19.6 Å². The predicted octanol–water partition coefficient (Wildman–Crippen LogP) is 1.40. The zero-order chi connectivity index (χ0) is 13.0. The van der Waals surface area contributed by atoms with Crippen molar-refractivity contribution in [3.63, 3.8) is 0 Å². The Balaban J connectivity index is 1.82. The summed E-state index contributed by atoms with van der Waals surface area (Å²) in [7, 11) is 0. The quantitative estimate of drug-likeness (QED) is 0.827. The van der Waals surface area contributed by atoms with Crippen molar-refractivity contribution >= 4 is 0 Å². The molecular formula is C15H24N2O. The van der Waals surface area contributed by atoms with E-state index < -0.39 is 0 Å². The SMILES string of the molecule is CC(C)NCC(O)CN1CCc2ccccc2C1. The van der Waals surface area contributed by atoms with E-state index in [2.05, 4.69) is 48.3 Å². The molecule has 1 unspecified atom stereocenters. The number of nitrogens with zero attached hydrogens (tertiary/aromatic N) is 1. The maximum absolute atomic E-state index is 9.99. The molecule has 0 amide bonds. The summed E-state index contributed by atoms with van der Waals surface area (Å²) in [5, 5.41) is 13.3. The van der Waals surface area contributed by atoms with Crippen molar-refractivity contribution < 1.29 is 5.11 Å².